The molecule has 6 nitrogen and oxygen atoms in total. The molecule has 8 heteroatoms. The van der Waals surface area contributed by atoms with Gasteiger partial charge in [-0.3, -0.25) is 4.57 Å². The van der Waals surface area contributed by atoms with Crippen LogP contribution in [0.2, 0.25) is 0 Å². The molecule has 33 heavy (non-hydrogen) atoms. The molecule has 0 aliphatic rings. The van der Waals surface area contributed by atoms with Gasteiger partial charge in [0.15, 0.2) is 11.0 Å². The zero-order chi connectivity index (χ0) is 23.3. The molecule has 1 heterocycles. The highest BCUT2D eigenvalue weighted by molar-refractivity contribution is 7.98. The standard InChI is InChI=1S/C25H26N4O2S2/c1-3-28(4-2)33(30,31)23-17-11-14-21(18-23)24-26-27-25(29(24)22-15-9-6-10-16-22)32-19-20-12-7-5-8-13-20/h5-18H,3-4,19H2,1-2H3. The molecule has 0 aliphatic carbocycles. The van der Waals surface area contributed by atoms with E-state index in [9.17, 15) is 8.42 Å². The Bertz CT molecular complexity index is 1300. The first-order valence-corrected chi connectivity index (χ1v) is 13.2. The lowest BCUT2D eigenvalue weighted by molar-refractivity contribution is 0.445. The van der Waals surface area contributed by atoms with Crippen LogP contribution in [0.3, 0.4) is 0 Å². The van der Waals surface area contributed by atoms with Gasteiger partial charge in [0.05, 0.1) is 4.90 Å². The van der Waals surface area contributed by atoms with Gasteiger partial charge in [-0.2, -0.15) is 4.31 Å². The maximum atomic E-state index is 13.1. The fourth-order valence-corrected chi connectivity index (χ4v) is 6.00. The van der Waals surface area contributed by atoms with Crippen LogP contribution in [0, 0.1) is 0 Å². The van der Waals surface area contributed by atoms with E-state index in [2.05, 4.69) is 22.3 Å². The van der Waals surface area contributed by atoms with Gasteiger partial charge in [0.1, 0.15) is 0 Å². The van der Waals surface area contributed by atoms with Crippen molar-refractivity contribution in [2.24, 2.45) is 0 Å². The molecule has 0 amide bonds. The minimum atomic E-state index is -3.58. The number of rotatable bonds is 9. The number of aromatic nitrogens is 3. The molecule has 170 valence electrons. The van der Waals surface area contributed by atoms with Gasteiger partial charge < -0.3 is 0 Å². The Morgan fingerprint density at radius 1 is 0.848 bits per heavy atom. The summed E-state index contributed by atoms with van der Waals surface area (Å²) in [4.78, 5) is 0.254. The molecule has 0 N–H and O–H groups in total. The minimum absolute atomic E-state index is 0.254. The Labute approximate surface area is 199 Å². The SMILES string of the molecule is CCN(CC)S(=O)(=O)c1cccc(-c2nnc(SCc3ccccc3)n2-c2ccccc2)c1. The van der Waals surface area contributed by atoms with Gasteiger partial charge in [0.25, 0.3) is 0 Å². The largest absolute Gasteiger partial charge is 0.270 e. The smallest absolute Gasteiger partial charge is 0.243 e. The van der Waals surface area contributed by atoms with Gasteiger partial charge in [-0.05, 0) is 29.8 Å². The summed E-state index contributed by atoms with van der Waals surface area (Å²) in [5, 5.41) is 9.67. The summed E-state index contributed by atoms with van der Waals surface area (Å²) in [7, 11) is -3.58. The second kappa shape index (κ2) is 10.3. The monoisotopic (exact) mass is 478 g/mol. The van der Waals surface area contributed by atoms with Crippen molar-refractivity contribution in [3.63, 3.8) is 0 Å². The van der Waals surface area contributed by atoms with Gasteiger partial charge in [-0.25, -0.2) is 8.42 Å². The minimum Gasteiger partial charge on any atom is -0.270 e. The van der Waals surface area contributed by atoms with E-state index in [0.717, 1.165) is 16.6 Å². The topological polar surface area (TPSA) is 68.1 Å². The highest BCUT2D eigenvalue weighted by Gasteiger charge is 2.23. The Morgan fingerprint density at radius 3 is 2.18 bits per heavy atom. The van der Waals surface area contributed by atoms with E-state index >= 15 is 0 Å². The van der Waals surface area contributed by atoms with E-state index in [4.69, 9.17) is 0 Å². The number of thioether (sulfide) groups is 1. The number of hydrogen-bond acceptors (Lipinski definition) is 5. The number of sulfonamides is 1. The molecule has 0 radical (unpaired) electrons. The molecule has 0 bridgehead atoms. The van der Waals surface area contributed by atoms with E-state index in [0.29, 0.717) is 24.5 Å². The summed E-state index contributed by atoms with van der Waals surface area (Å²) < 4.78 is 29.6. The normalized spacial score (nSPS) is 11.7. The zero-order valence-electron chi connectivity index (χ0n) is 18.6. The highest BCUT2D eigenvalue weighted by atomic mass is 32.2. The van der Waals surface area contributed by atoms with Crippen molar-refractivity contribution < 1.29 is 8.42 Å². The fraction of sp³-hybridized carbons (Fsp3) is 0.200. The van der Waals surface area contributed by atoms with Crippen molar-refractivity contribution in [1.82, 2.24) is 19.1 Å². The Hall–Kier alpha value is -2.94. The van der Waals surface area contributed by atoms with Crippen molar-refractivity contribution >= 4 is 21.8 Å². The molecule has 0 spiro atoms. The van der Waals surface area contributed by atoms with Crippen LogP contribution >= 0.6 is 11.8 Å². The van der Waals surface area contributed by atoms with Crippen LogP contribution in [-0.4, -0.2) is 40.6 Å². The summed E-state index contributed by atoms with van der Waals surface area (Å²) >= 11 is 1.60. The molecule has 4 aromatic rings. The summed E-state index contributed by atoms with van der Waals surface area (Å²) in [6.45, 7) is 4.52. The molecule has 3 aromatic carbocycles. The van der Waals surface area contributed by atoms with Crippen molar-refractivity contribution in [1.29, 1.82) is 0 Å². The number of para-hydroxylation sites is 1. The lowest BCUT2D eigenvalue weighted by Gasteiger charge is -2.19. The third-order valence-corrected chi connectivity index (χ3v) is 8.34. The first-order valence-electron chi connectivity index (χ1n) is 10.8. The average Bonchev–Trinajstić information content (AvgIpc) is 3.28. The van der Waals surface area contributed by atoms with Crippen LogP contribution in [0.15, 0.2) is 95.0 Å². The molecule has 0 atom stereocenters. The van der Waals surface area contributed by atoms with Crippen molar-refractivity contribution in [3.05, 3.63) is 90.5 Å². The van der Waals surface area contributed by atoms with Crippen molar-refractivity contribution in [3.8, 4) is 17.1 Å². The van der Waals surface area contributed by atoms with Gasteiger partial charge >= 0.3 is 0 Å². The molecule has 0 fully saturated rings. The predicted molar refractivity (Wildman–Crippen MR) is 133 cm³/mol. The van der Waals surface area contributed by atoms with Crippen LogP contribution < -0.4 is 0 Å². The summed E-state index contributed by atoms with van der Waals surface area (Å²) in [5.41, 5.74) is 2.81. The van der Waals surface area contributed by atoms with Gasteiger partial charge in [0, 0.05) is 30.1 Å². The van der Waals surface area contributed by atoms with Gasteiger partial charge in [0.2, 0.25) is 10.0 Å². The van der Waals surface area contributed by atoms with Crippen molar-refractivity contribution in [2.75, 3.05) is 13.1 Å². The molecule has 0 saturated carbocycles. The molecule has 4 rings (SSSR count). The zero-order valence-corrected chi connectivity index (χ0v) is 20.3. The van der Waals surface area contributed by atoms with Gasteiger partial charge in [-0.15, -0.1) is 10.2 Å². The molecular formula is C25H26N4O2S2. The van der Waals surface area contributed by atoms with E-state index in [1.165, 1.54) is 9.87 Å². The molecule has 0 saturated heterocycles. The maximum Gasteiger partial charge on any atom is 0.243 e. The third-order valence-electron chi connectivity index (χ3n) is 5.29. The van der Waals surface area contributed by atoms with E-state index in [1.807, 2.05) is 73.0 Å². The Kier molecular flexibility index (Phi) is 7.27. The van der Waals surface area contributed by atoms with Crippen LogP contribution in [0.4, 0.5) is 0 Å². The van der Waals surface area contributed by atoms with Crippen LogP contribution in [0.1, 0.15) is 19.4 Å². The lowest BCUT2D eigenvalue weighted by Crippen LogP contribution is -2.30. The van der Waals surface area contributed by atoms with Crippen LogP contribution in [0.5, 0.6) is 0 Å². The summed E-state index contributed by atoms with van der Waals surface area (Å²) in [6.07, 6.45) is 0. The van der Waals surface area contributed by atoms with Crippen LogP contribution in [0.25, 0.3) is 17.1 Å². The summed E-state index contributed by atoms with van der Waals surface area (Å²) in [5.74, 6) is 1.36. The second-order valence-corrected chi connectivity index (χ2v) is 10.2. The van der Waals surface area contributed by atoms with E-state index < -0.39 is 10.0 Å². The number of hydrogen-bond donors (Lipinski definition) is 0. The molecule has 1 aromatic heterocycles. The lowest BCUT2D eigenvalue weighted by atomic mass is 10.2. The third kappa shape index (κ3) is 5.03. The fourth-order valence-electron chi connectivity index (χ4n) is 3.59. The number of nitrogens with zero attached hydrogens (tertiary/aromatic N) is 4. The van der Waals surface area contributed by atoms with E-state index in [1.54, 1.807) is 30.0 Å². The van der Waals surface area contributed by atoms with E-state index in [-0.39, 0.29) is 4.90 Å². The second-order valence-electron chi connectivity index (χ2n) is 7.37. The average molecular weight is 479 g/mol. The van der Waals surface area contributed by atoms with Crippen molar-refractivity contribution in [2.45, 2.75) is 29.7 Å². The first kappa shape index (κ1) is 23.2. The molecular weight excluding hydrogens is 452 g/mol. The first-order chi connectivity index (χ1) is 16.0. The Morgan fingerprint density at radius 2 is 1.52 bits per heavy atom. The quantitative estimate of drug-likeness (QED) is 0.307. The predicted octanol–water partition coefficient (Wildman–Crippen LogP) is 5.26. The van der Waals surface area contributed by atoms with Crippen LogP contribution in [-0.2, 0) is 15.8 Å². The maximum absolute atomic E-state index is 13.1. The molecule has 0 aliphatic heterocycles. The van der Waals surface area contributed by atoms with Gasteiger partial charge in [-0.1, -0.05) is 86.3 Å². The summed E-state index contributed by atoms with van der Waals surface area (Å²) in [6, 6.07) is 27.0. The molecule has 0 unspecified atom stereocenters. The highest BCUT2D eigenvalue weighted by Crippen LogP contribution is 2.31. The number of benzene rings is 3. The Balaban J connectivity index is 1.76.